The predicted octanol–water partition coefficient (Wildman–Crippen LogP) is 2.10. The first kappa shape index (κ1) is 25.4. The van der Waals surface area contributed by atoms with E-state index in [0.717, 1.165) is 0 Å². The maximum absolute atomic E-state index is 13.4. The van der Waals surface area contributed by atoms with Crippen molar-refractivity contribution in [3.8, 4) is 10.8 Å². The molecule has 0 saturated carbocycles. The van der Waals surface area contributed by atoms with E-state index in [-0.39, 0.29) is 41.1 Å². The Labute approximate surface area is 210 Å². The van der Waals surface area contributed by atoms with Crippen molar-refractivity contribution in [2.45, 2.75) is 42.9 Å². The van der Waals surface area contributed by atoms with Gasteiger partial charge in [0.25, 0.3) is 6.43 Å². The van der Waals surface area contributed by atoms with E-state index in [1.54, 1.807) is 30.7 Å². The van der Waals surface area contributed by atoms with Crippen molar-refractivity contribution in [2.75, 3.05) is 45.0 Å². The molecule has 11 nitrogen and oxygen atoms in total. The van der Waals surface area contributed by atoms with Crippen molar-refractivity contribution in [2.24, 2.45) is 0 Å². The molecule has 0 bridgehead atoms. The lowest BCUT2D eigenvalue weighted by Crippen LogP contribution is -2.59. The van der Waals surface area contributed by atoms with Crippen LogP contribution < -0.4 is 9.62 Å². The van der Waals surface area contributed by atoms with E-state index in [9.17, 15) is 17.2 Å². The summed E-state index contributed by atoms with van der Waals surface area (Å²) in [5, 5.41) is 7.14. The molecular formula is C21H26F2N6O5S2. The van der Waals surface area contributed by atoms with Gasteiger partial charge in [-0.15, -0.1) is 10.2 Å². The van der Waals surface area contributed by atoms with Crippen molar-refractivity contribution in [3.05, 3.63) is 23.5 Å². The topological polar surface area (TPSA) is 120 Å². The maximum Gasteiger partial charge on any atom is 0.291 e. The fraction of sp³-hybridized carbons (Fsp3) is 0.571. The molecule has 15 heteroatoms. The highest BCUT2D eigenvalue weighted by molar-refractivity contribution is 7.89. The Bertz CT molecular complexity index is 1360. The number of anilines is 1. The zero-order valence-corrected chi connectivity index (χ0v) is 21.5. The second kappa shape index (κ2) is 9.54. The average molecular weight is 545 g/mol. The van der Waals surface area contributed by atoms with Gasteiger partial charge in [-0.3, -0.25) is 4.40 Å². The summed E-state index contributed by atoms with van der Waals surface area (Å²) in [6.07, 6.45) is 0.0190. The predicted molar refractivity (Wildman–Crippen MR) is 127 cm³/mol. The number of methoxy groups -OCH3 is 1. The molecule has 0 unspecified atom stereocenters. The number of ether oxygens (including phenoxy) is 3. The number of nitrogens with one attached hydrogen (secondary N) is 1. The fourth-order valence-electron chi connectivity index (χ4n) is 4.29. The maximum atomic E-state index is 13.4. The number of fused-ring (bicyclic) bond motifs is 1. The molecule has 5 heterocycles. The van der Waals surface area contributed by atoms with Gasteiger partial charge in [0.1, 0.15) is 4.90 Å². The zero-order chi connectivity index (χ0) is 25.7. The van der Waals surface area contributed by atoms with Gasteiger partial charge in [-0.1, -0.05) is 11.3 Å². The molecular weight excluding hydrogens is 518 g/mol. The molecule has 2 saturated heterocycles. The molecule has 2 fully saturated rings. The third-order valence-corrected chi connectivity index (χ3v) is 8.64. The highest BCUT2D eigenvalue weighted by atomic mass is 32.2. The molecule has 2 aliphatic rings. The molecule has 2 atom stereocenters. The van der Waals surface area contributed by atoms with Crippen LogP contribution in [0.15, 0.2) is 23.4 Å². The van der Waals surface area contributed by atoms with E-state index < -0.39 is 27.0 Å². The standard InChI is InChI=1S/C21H26F2N6O5S2/c1-12-8-34-13(9-32-3)6-28(12)15-4-14(36(30,31)27-21(2)10-33-11-21)7-29-16(15)5-24-18(29)20-26-25-19(35-20)17(22)23/h4-5,7,12-13,17,27H,6,8-11H2,1-3H3/t12-,13+/m0/s1. The van der Waals surface area contributed by atoms with Crippen molar-refractivity contribution >= 4 is 32.6 Å². The van der Waals surface area contributed by atoms with Gasteiger partial charge in [-0.2, -0.15) is 0 Å². The van der Waals surface area contributed by atoms with Gasteiger partial charge < -0.3 is 19.1 Å². The van der Waals surface area contributed by atoms with Crippen molar-refractivity contribution in [1.82, 2.24) is 24.3 Å². The Hall–Kier alpha value is -2.30. The normalized spacial score (nSPS) is 22.3. The highest BCUT2D eigenvalue weighted by Crippen LogP contribution is 2.35. The summed E-state index contributed by atoms with van der Waals surface area (Å²) in [5.41, 5.74) is 0.496. The van der Waals surface area contributed by atoms with Crippen LogP contribution in [0.5, 0.6) is 0 Å². The first-order valence-electron chi connectivity index (χ1n) is 11.2. The minimum atomic E-state index is -3.97. The third kappa shape index (κ3) is 4.70. The van der Waals surface area contributed by atoms with Crippen LogP contribution in [0.25, 0.3) is 16.3 Å². The molecule has 0 spiro atoms. The summed E-state index contributed by atoms with van der Waals surface area (Å²) in [6, 6.07) is 1.53. The number of aromatic nitrogens is 4. The number of imidazole rings is 1. The van der Waals surface area contributed by atoms with Gasteiger partial charge in [0.2, 0.25) is 10.0 Å². The molecule has 2 aliphatic heterocycles. The highest BCUT2D eigenvalue weighted by Gasteiger charge is 2.38. The number of halogens is 2. The van der Waals surface area contributed by atoms with Crippen LogP contribution in [0.3, 0.4) is 0 Å². The van der Waals surface area contributed by atoms with E-state index in [4.69, 9.17) is 14.2 Å². The Kier molecular flexibility index (Phi) is 6.72. The quantitative estimate of drug-likeness (QED) is 0.455. The molecule has 5 rings (SSSR count). The van der Waals surface area contributed by atoms with Gasteiger partial charge in [0, 0.05) is 25.9 Å². The van der Waals surface area contributed by atoms with Crippen LogP contribution in [0, 0.1) is 0 Å². The Balaban J connectivity index is 1.65. The molecule has 3 aromatic heterocycles. The van der Waals surface area contributed by atoms with E-state index in [1.165, 1.54) is 6.20 Å². The second-order valence-electron chi connectivity index (χ2n) is 9.22. The summed E-state index contributed by atoms with van der Waals surface area (Å²) in [6.45, 7) is 5.52. The smallest absolute Gasteiger partial charge is 0.291 e. The fourth-order valence-corrected chi connectivity index (χ4v) is 6.38. The Morgan fingerprint density at radius 2 is 2.14 bits per heavy atom. The van der Waals surface area contributed by atoms with Crippen LogP contribution in [0.2, 0.25) is 0 Å². The Morgan fingerprint density at radius 1 is 1.36 bits per heavy atom. The summed E-state index contributed by atoms with van der Waals surface area (Å²) < 4.78 is 73.8. The monoisotopic (exact) mass is 544 g/mol. The van der Waals surface area contributed by atoms with Gasteiger partial charge >= 0.3 is 0 Å². The van der Waals surface area contributed by atoms with Gasteiger partial charge in [0.05, 0.1) is 55.5 Å². The summed E-state index contributed by atoms with van der Waals surface area (Å²) >= 11 is 0.711. The number of morpholine rings is 1. The first-order chi connectivity index (χ1) is 17.1. The van der Waals surface area contributed by atoms with Gasteiger partial charge in [0.15, 0.2) is 15.8 Å². The molecule has 36 heavy (non-hydrogen) atoms. The molecule has 1 N–H and O–H groups in total. The Morgan fingerprint density at radius 3 is 2.78 bits per heavy atom. The number of sulfonamides is 1. The van der Waals surface area contributed by atoms with E-state index in [1.807, 2.05) is 11.8 Å². The summed E-state index contributed by atoms with van der Waals surface area (Å²) in [4.78, 5) is 6.45. The minimum absolute atomic E-state index is 0.00189. The number of hydrogen-bond donors (Lipinski definition) is 1. The largest absolute Gasteiger partial charge is 0.382 e. The number of pyridine rings is 1. The number of nitrogens with zero attached hydrogens (tertiary/aromatic N) is 5. The average Bonchev–Trinajstić information content (AvgIpc) is 3.46. The van der Waals surface area contributed by atoms with E-state index in [2.05, 4.69) is 19.9 Å². The van der Waals surface area contributed by atoms with E-state index >= 15 is 0 Å². The van der Waals surface area contributed by atoms with Crippen LogP contribution in [0.1, 0.15) is 25.3 Å². The second-order valence-corrected chi connectivity index (χ2v) is 11.9. The third-order valence-electron chi connectivity index (χ3n) is 6.11. The first-order valence-corrected chi connectivity index (χ1v) is 13.5. The lowest BCUT2D eigenvalue weighted by molar-refractivity contribution is -0.0523. The lowest BCUT2D eigenvalue weighted by Gasteiger charge is -2.40. The van der Waals surface area contributed by atoms with Crippen LogP contribution in [-0.2, 0) is 24.2 Å². The SMILES string of the molecule is COC[C@H]1CN(c2cc(S(=O)(=O)NC3(C)COC3)cn3c(-c4nnc(C(F)F)s4)ncc23)[C@@H](C)CO1. The number of alkyl halides is 2. The van der Waals surface area contributed by atoms with Crippen LogP contribution in [-0.4, -0.2) is 85.8 Å². The summed E-state index contributed by atoms with van der Waals surface area (Å²) in [7, 11) is -2.38. The number of hydrogen-bond acceptors (Lipinski definition) is 10. The van der Waals surface area contributed by atoms with E-state index in [0.29, 0.717) is 42.3 Å². The molecule has 0 radical (unpaired) electrons. The molecule has 0 aliphatic carbocycles. The minimum Gasteiger partial charge on any atom is -0.382 e. The number of rotatable bonds is 8. The molecule has 0 aromatic carbocycles. The van der Waals surface area contributed by atoms with Crippen LogP contribution >= 0.6 is 11.3 Å². The van der Waals surface area contributed by atoms with Crippen molar-refractivity contribution < 1.29 is 31.4 Å². The molecule has 0 amide bonds. The van der Waals surface area contributed by atoms with Gasteiger partial charge in [-0.05, 0) is 19.9 Å². The molecule has 3 aromatic rings. The molecule has 196 valence electrons. The summed E-state index contributed by atoms with van der Waals surface area (Å²) in [5.74, 6) is 0.222. The lowest BCUT2D eigenvalue weighted by atomic mass is 10.0. The van der Waals surface area contributed by atoms with Crippen molar-refractivity contribution in [3.63, 3.8) is 0 Å². The van der Waals surface area contributed by atoms with Crippen molar-refractivity contribution in [1.29, 1.82) is 0 Å². The van der Waals surface area contributed by atoms with Gasteiger partial charge in [-0.25, -0.2) is 26.9 Å². The zero-order valence-electron chi connectivity index (χ0n) is 19.8. The van der Waals surface area contributed by atoms with Crippen LogP contribution in [0.4, 0.5) is 14.5 Å².